The van der Waals surface area contributed by atoms with E-state index in [9.17, 15) is 14.9 Å². The molecular formula is C15H20Cl2N5O4+. The summed E-state index contributed by atoms with van der Waals surface area (Å²) in [6.07, 6.45) is -0.110. The highest BCUT2D eigenvalue weighted by Gasteiger charge is 2.48. The van der Waals surface area contributed by atoms with E-state index in [2.05, 4.69) is 4.98 Å². The first-order chi connectivity index (χ1) is 12.1. The largest absolute Gasteiger partial charge is 0.465 e. The highest BCUT2D eigenvalue weighted by atomic mass is 35.5. The number of pyridine rings is 1. The van der Waals surface area contributed by atoms with Crippen LogP contribution in [-0.2, 0) is 16.0 Å². The Balaban J connectivity index is 2.46. The maximum atomic E-state index is 11.9. The molecule has 2 atom stereocenters. The molecule has 1 aromatic heterocycles. The number of aromatic nitrogens is 1. The Morgan fingerprint density at radius 3 is 2.58 bits per heavy atom. The predicted octanol–water partition coefficient (Wildman–Crippen LogP) is 1.57. The molecule has 0 saturated heterocycles. The van der Waals surface area contributed by atoms with Crippen molar-refractivity contribution >= 4 is 29.2 Å². The summed E-state index contributed by atoms with van der Waals surface area (Å²) >= 11 is 11.9. The number of esters is 1. The number of hydrogen-bond donors (Lipinski definition) is 1. The summed E-state index contributed by atoms with van der Waals surface area (Å²) < 4.78 is 4.33. The average Bonchev–Trinajstić information content (AvgIpc) is 2.54. The van der Waals surface area contributed by atoms with Crippen molar-refractivity contribution in [2.45, 2.75) is 19.5 Å². The van der Waals surface area contributed by atoms with Crippen LogP contribution in [-0.4, -0.2) is 58.8 Å². The Hall–Kier alpha value is -1.94. The molecule has 0 radical (unpaired) electrons. The van der Waals surface area contributed by atoms with Crippen molar-refractivity contribution in [1.82, 2.24) is 9.88 Å². The number of rotatable bonds is 5. The van der Waals surface area contributed by atoms with Gasteiger partial charge >= 0.3 is 11.7 Å². The van der Waals surface area contributed by atoms with Gasteiger partial charge in [-0.3, -0.25) is 10.1 Å². The molecule has 0 aromatic carbocycles. The molecule has 2 heterocycles. The standard InChI is InChI=1S/C15H20Cl2N5O4/c1-9-11(21(24)25)7-22(18,8-15(23)26-3)14(20(9)2)6-10-4-12(16)19-13(17)5-10/h4-5,14H,6-8,18H2,1-3H3/q+1. The van der Waals surface area contributed by atoms with Crippen molar-refractivity contribution in [1.29, 1.82) is 0 Å². The van der Waals surface area contributed by atoms with Crippen LogP contribution < -0.4 is 5.84 Å². The fourth-order valence-electron chi connectivity index (χ4n) is 3.09. The van der Waals surface area contributed by atoms with Gasteiger partial charge in [0.2, 0.25) is 0 Å². The van der Waals surface area contributed by atoms with Crippen LogP contribution >= 0.6 is 23.2 Å². The van der Waals surface area contributed by atoms with E-state index in [0.29, 0.717) is 12.1 Å². The van der Waals surface area contributed by atoms with Crippen LogP contribution in [0.1, 0.15) is 12.5 Å². The molecule has 0 bridgehead atoms. The van der Waals surface area contributed by atoms with Crippen LogP contribution in [0.2, 0.25) is 10.3 Å². The van der Waals surface area contributed by atoms with Crippen LogP contribution in [0, 0.1) is 10.1 Å². The zero-order chi connectivity index (χ0) is 19.6. The predicted molar refractivity (Wildman–Crippen MR) is 95.4 cm³/mol. The molecule has 1 aromatic rings. The summed E-state index contributed by atoms with van der Waals surface area (Å²) in [4.78, 5) is 28.4. The number of nitrogens with zero attached hydrogens (tertiary/aromatic N) is 4. The van der Waals surface area contributed by atoms with Crippen molar-refractivity contribution in [3.05, 3.63) is 49.5 Å². The molecule has 2 rings (SSSR count). The van der Waals surface area contributed by atoms with Crippen molar-refractivity contribution in [2.75, 3.05) is 27.2 Å². The van der Waals surface area contributed by atoms with Gasteiger partial charge in [-0.05, 0) is 24.6 Å². The SMILES string of the molecule is COC(=O)C[N+]1(N)CC([N+](=O)[O-])=C(C)N(C)C1Cc1cc(Cl)nc(Cl)c1. The number of nitro groups is 1. The van der Waals surface area contributed by atoms with Crippen LogP contribution in [0.15, 0.2) is 23.5 Å². The minimum Gasteiger partial charge on any atom is -0.465 e. The summed E-state index contributed by atoms with van der Waals surface area (Å²) in [6, 6.07) is 3.29. The molecule has 0 saturated carbocycles. The minimum atomic E-state index is -0.557. The van der Waals surface area contributed by atoms with Crippen LogP contribution in [0.5, 0.6) is 0 Å². The topological polar surface area (TPSA) is 112 Å². The first kappa shape index (κ1) is 20.4. The molecule has 0 fully saturated rings. The van der Waals surface area contributed by atoms with Crippen LogP contribution in [0.25, 0.3) is 0 Å². The fraction of sp³-hybridized carbons (Fsp3) is 0.467. The van der Waals surface area contributed by atoms with Gasteiger partial charge in [-0.15, -0.1) is 0 Å². The molecule has 0 spiro atoms. The third-order valence-electron chi connectivity index (χ3n) is 4.54. The maximum Gasteiger partial charge on any atom is 0.363 e. The van der Waals surface area contributed by atoms with Crippen molar-refractivity contribution in [2.24, 2.45) is 5.84 Å². The Morgan fingerprint density at radius 2 is 2.08 bits per heavy atom. The molecule has 1 aliphatic heterocycles. The zero-order valence-corrected chi connectivity index (χ0v) is 16.1. The van der Waals surface area contributed by atoms with E-state index in [4.69, 9.17) is 33.8 Å². The number of quaternary nitrogens is 1. The number of methoxy groups -OCH3 is 1. The third-order valence-corrected chi connectivity index (χ3v) is 4.93. The van der Waals surface area contributed by atoms with Gasteiger partial charge < -0.3 is 9.64 Å². The molecule has 0 amide bonds. The number of nitrogens with two attached hydrogens (primary N) is 1. The Kier molecular flexibility index (Phi) is 6.07. The van der Waals surface area contributed by atoms with Gasteiger partial charge in [-0.1, -0.05) is 23.2 Å². The number of allylic oxidation sites excluding steroid dienone is 1. The van der Waals surface area contributed by atoms with E-state index in [1.165, 1.54) is 7.11 Å². The zero-order valence-electron chi connectivity index (χ0n) is 14.6. The van der Waals surface area contributed by atoms with Gasteiger partial charge in [-0.2, -0.15) is 5.84 Å². The second kappa shape index (κ2) is 7.75. The van der Waals surface area contributed by atoms with Crippen molar-refractivity contribution in [3.63, 3.8) is 0 Å². The number of carbonyl (C=O) groups excluding carboxylic acids is 1. The highest BCUT2D eigenvalue weighted by Crippen LogP contribution is 2.29. The summed E-state index contributed by atoms with van der Waals surface area (Å²) in [5.74, 6) is 5.90. The molecule has 9 nitrogen and oxygen atoms in total. The van der Waals surface area contributed by atoms with Gasteiger partial charge in [0.25, 0.3) is 0 Å². The smallest absolute Gasteiger partial charge is 0.363 e. The first-order valence-corrected chi connectivity index (χ1v) is 8.44. The Labute approximate surface area is 160 Å². The monoisotopic (exact) mass is 404 g/mol. The maximum absolute atomic E-state index is 11.9. The number of likely N-dealkylation sites (N-methyl/N-ethyl adjacent to an activating group) is 1. The van der Waals surface area contributed by atoms with E-state index in [0.717, 1.165) is 5.56 Å². The molecule has 2 unspecified atom stereocenters. The molecule has 2 N–H and O–H groups in total. The van der Waals surface area contributed by atoms with Gasteiger partial charge in [0, 0.05) is 13.5 Å². The Bertz CT molecular complexity index is 752. The summed E-state index contributed by atoms with van der Waals surface area (Å²) in [5, 5.41) is 11.9. The molecule has 11 heteroatoms. The van der Waals surface area contributed by atoms with E-state index < -0.39 is 21.7 Å². The third kappa shape index (κ3) is 4.24. The van der Waals surface area contributed by atoms with Crippen LogP contribution in [0.4, 0.5) is 0 Å². The fourth-order valence-corrected chi connectivity index (χ4v) is 3.59. The summed E-state index contributed by atoms with van der Waals surface area (Å²) in [7, 11) is 2.94. The highest BCUT2D eigenvalue weighted by molar-refractivity contribution is 6.32. The first-order valence-electron chi connectivity index (χ1n) is 7.68. The molecule has 1 aliphatic rings. The van der Waals surface area contributed by atoms with Crippen LogP contribution in [0.3, 0.4) is 0 Å². The second-order valence-corrected chi connectivity index (χ2v) is 6.98. The number of carbonyl (C=O) groups is 1. The number of ether oxygens (including phenoxy) is 1. The lowest BCUT2D eigenvalue weighted by Crippen LogP contribution is -2.71. The lowest BCUT2D eigenvalue weighted by atomic mass is 10.1. The van der Waals surface area contributed by atoms with Crippen molar-refractivity contribution in [3.8, 4) is 0 Å². The molecule has 0 aliphatic carbocycles. The average molecular weight is 405 g/mol. The van der Waals surface area contributed by atoms with Crippen molar-refractivity contribution < 1.29 is 19.0 Å². The van der Waals surface area contributed by atoms with Gasteiger partial charge in [0.1, 0.15) is 10.3 Å². The number of hydrogen-bond acceptors (Lipinski definition) is 7. The Morgan fingerprint density at radius 1 is 1.50 bits per heavy atom. The van der Waals surface area contributed by atoms with Gasteiger partial charge in [0.05, 0.1) is 17.7 Å². The summed E-state index contributed by atoms with van der Waals surface area (Å²) in [5.41, 5.74) is 1.19. The lowest BCUT2D eigenvalue weighted by Gasteiger charge is -2.46. The van der Waals surface area contributed by atoms with E-state index in [-0.39, 0.29) is 29.1 Å². The normalized spacial score (nSPS) is 23.2. The van der Waals surface area contributed by atoms with Gasteiger partial charge in [-0.25, -0.2) is 14.4 Å². The quantitative estimate of drug-likeness (QED) is 0.198. The van der Waals surface area contributed by atoms with E-state index >= 15 is 0 Å². The summed E-state index contributed by atoms with van der Waals surface area (Å²) in [6.45, 7) is 1.32. The van der Waals surface area contributed by atoms with E-state index in [1.807, 2.05) is 0 Å². The van der Waals surface area contributed by atoms with E-state index in [1.54, 1.807) is 31.0 Å². The molecular weight excluding hydrogens is 385 g/mol. The lowest BCUT2D eigenvalue weighted by molar-refractivity contribution is -0.969. The van der Waals surface area contributed by atoms with Gasteiger partial charge in [0.15, 0.2) is 19.3 Å². The molecule has 26 heavy (non-hydrogen) atoms. The number of halogens is 2. The molecule has 142 valence electrons. The second-order valence-electron chi connectivity index (χ2n) is 6.20. The minimum absolute atomic E-state index is 0.0408.